The fourth-order valence-electron chi connectivity index (χ4n) is 5.01. The van der Waals surface area contributed by atoms with Crippen molar-refractivity contribution in [3.05, 3.63) is 82.9 Å². The van der Waals surface area contributed by atoms with Crippen LogP contribution in [0.15, 0.2) is 55.0 Å². The Morgan fingerprint density at radius 1 is 0.814 bits per heavy atom. The first-order valence-corrected chi connectivity index (χ1v) is 14.1. The molecule has 4 heterocycles. The van der Waals surface area contributed by atoms with Crippen LogP contribution in [0, 0.1) is 5.82 Å². The number of nitrogens with one attached hydrogen (secondary N) is 3. The van der Waals surface area contributed by atoms with Crippen LogP contribution in [0.2, 0.25) is 5.02 Å². The van der Waals surface area contributed by atoms with Crippen molar-refractivity contribution in [1.82, 2.24) is 23.9 Å². The number of nitrogens with zero attached hydrogens (tertiary/aromatic N) is 4. The summed E-state index contributed by atoms with van der Waals surface area (Å²) in [6, 6.07) is 9.12. The van der Waals surface area contributed by atoms with Crippen molar-refractivity contribution >= 4 is 40.7 Å². The highest BCUT2D eigenvalue weighted by molar-refractivity contribution is 6.30. The highest BCUT2D eigenvalue weighted by atomic mass is 35.5. The highest BCUT2D eigenvalue weighted by Gasteiger charge is 2.20. The molecule has 0 unspecified atom stereocenters. The summed E-state index contributed by atoms with van der Waals surface area (Å²) in [6.45, 7) is 4.34. The van der Waals surface area contributed by atoms with Gasteiger partial charge in [-0.05, 0) is 36.4 Å². The third kappa shape index (κ3) is 6.99. The van der Waals surface area contributed by atoms with E-state index in [4.69, 9.17) is 16.3 Å². The Labute approximate surface area is 253 Å². The topological polar surface area (TPSA) is 115 Å². The molecule has 4 aromatic rings. The van der Waals surface area contributed by atoms with Crippen LogP contribution in [0.25, 0.3) is 11.1 Å². The van der Waals surface area contributed by atoms with Gasteiger partial charge in [-0.1, -0.05) is 11.6 Å². The number of halogens is 2. The van der Waals surface area contributed by atoms with E-state index in [2.05, 4.69) is 20.9 Å². The van der Waals surface area contributed by atoms with Gasteiger partial charge in [-0.15, -0.1) is 0 Å². The van der Waals surface area contributed by atoms with Crippen molar-refractivity contribution in [1.29, 1.82) is 0 Å². The molecule has 0 saturated carbocycles. The van der Waals surface area contributed by atoms with Crippen molar-refractivity contribution in [3.8, 4) is 11.1 Å². The second-order valence-corrected chi connectivity index (χ2v) is 10.9. The van der Waals surface area contributed by atoms with Crippen LogP contribution < -0.4 is 16.0 Å². The summed E-state index contributed by atoms with van der Waals surface area (Å²) in [4.78, 5) is 41.1. The third-order valence-electron chi connectivity index (χ3n) is 7.29. The van der Waals surface area contributed by atoms with Gasteiger partial charge in [0.15, 0.2) is 0 Å². The maximum atomic E-state index is 14.4. The zero-order chi connectivity index (χ0) is 30.7. The zero-order valence-corrected chi connectivity index (χ0v) is 24.9. The Hall–Kier alpha value is -4.39. The van der Waals surface area contributed by atoms with Gasteiger partial charge in [-0.2, -0.15) is 0 Å². The number of amides is 3. The second-order valence-electron chi connectivity index (χ2n) is 10.4. The van der Waals surface area contributed by atoms with Crippen LogP contribution in [-0.2, 0) is 25.9 Å². The summed E-state index contributed by atoms with van der Waals surface area (Å²) in [5.41, 5.74) is 2.74. The van der Waals surface area contributed by atoms with Gasteiger partial charge in [-0.3, -0.25) is 19.3 Å². The van der Waals surface area contributed by atoms with Crippen LogP contribution >= 0.6 is 11.6 Å². The number of ether oxygens (including phenoxy) is 1. The molecule has 0 radical (unpaired) electrons. The van der Waals surface area contributed by atoms with Gasteiger partial charge >= 0.3 is 0 Å². The number of hydrogen-bond donors (Lipinski definition) is 3. The van der Waals surface area contributed by atoms with Gasteiger partial charge in [-0.25, -0.2) is 4.39 Å². The van der Waals surface area contributed by atoms with Crippen LogP contribution in [0.1, 0.15) is 31.5 Å². The smallest absolute Gasteiger partial charge is 0.272 e. The molecule has 43 heavy (non-hydrogen) atoms. The normalized spacial score (nSPS) is 13.6. The number of carbonyl (C=O) groups excluding carboxylic acids is 3. The Balaban J connectivity index is 1.20. The minimum atomic E-state index is -0.487. The van der Waals surface area contributed by atoms with Crippen LogP contribution in [-0.4, -0.2) is 75.7 Å². The maximum Gasteiger partial charge on any atom is 0.272 e. The molecule has 3 N–H and O–H groups in total. The quantitative estimate of drug-likeness (QED) is 0.268. The number of aromatic nitrogens is 3. The lowest BCUT2D eigenvalue weighted by atomic mass is 10.1. The maximum absolute atomic E-state index is 14.4. The zero-order valence-electron chi connectivity index (χ0n) is 24.1. The summed E-state index contributed by atoms with van der Waals surface area (Å²) in [7, 11) is 5.11. The van der Waals surface area contributed by atoms with E-state index in [0.717, 1.165) is 19.6 Å². The average Bonchev–Trinajstić information content (AvgIpc) is 3.65. The summed E-state index contributed by atoms with van der Waals surface area (Å²) in [5.74, 6) is -1.55. The molecule has 3 amide bonds. The lowest BCUT2D eigenvalue weighted by Gasteiger charge is -2.26. The van der Waals surface area contributed by atoms with Crippen LogP contribution in [0.5, 0.6) is 0 Å². The second kappa shape index (κ2) is 12.9. The Bertz CT molecular complexity index is 1670. The molecule has 1 aromatic carbocycles. The SMILES string of the molecule is Cn1cc(NC(=O)c2cc(NC(=O)c3cc(-c4ccc(Cl)cc4F)cn3C)cn2C)cc1C(=O)NCCN1CCOCC1. The van der Waals surface area contributed by atoms with E-state index in [0.29, 0.717) is 59.3 Å². The Kier molecular flexibility index (Phi) is 9.00. The highest BCUT2D eigenvalue weighted by Crippen LogP contribution is 2.27. The first-order valence-electron chi connectivity index (χ1n) is 13.7. The molecule has 3 aromatic heterocycles. The molecular weight excluding hydrogens is 577 g/mol. The summed E-state index contributed by atoms with van der Waals surface area (Å²) < 4.78 is 24.6. The first kappa shape index (κ1) is 30.1. The van der Waals surface area contributed by atoms with Crippen molar-refractivity contribution in [2.75, 3.05) is 50.0 Å². The largest absolute Gasteiger partial charge is 0.379 e. The molecule has 11 nitrogen and oxygen atoms in total. The summed E-state index contributed by atoms with van der Waals surface area (Å²) in [5, 5.41) is 8.82. The van der Waals surface area contributed by atoms with E-state index in [-0.39, 0.29) is 10.9 Å². The number of rotatable bonds is 9. The molecule has 1 aliphatic rings. The number of hydrogen-bond acceptors (Lipinski definition) is 5. The predicted octanol–water partition coefficient (Wildman–Crippen LogP) is 3.73. The number of carbonyl (C=O) groups is 3. The fraction of sp³-hybridized carbons (Fsp3) is 0.300. The van der Waals surface area contributed by atoms with Crippen molar-refractivity contribution in [2.24, 2.45) is 21.1 Å². The molecule has 13 heteroatoms. The monoisotopic (exact) mass is 609 g/mol. The number of aryl methyl sites for hydroxylation is 3. The molecular formula is C30H33ClFN7O4. The Morgan fingerprint density at radius 3 is 1.98 bits per heavy atom. The van der Waals surface area contributed by atoms with Gasteiger partial charge < -0.3 is 34.4 Å². The molecule has 0 atom stereocenters. The van der Waals surface area contributed by atoms with E-state index < -0.39 is 17.6 Å². The molecule has 0 spiro atoms. The fourth-order valence-corrected chi connectivity index (χ4v) is 5.17. The lowest BCUT2D eigenvalue weighted by molar-refractivity contribution is 0.0383. The van der Waals surface area contributed by atoms with E-state index in [1.807, 2.05) is 0 Å². The summed E-state index contributed by atoms with van der Waals surface area (Å²) >= 11 is 5.86. The minimum absolute atomic E-state index is 0.234. The van der Waals surface area contributed by atoms with Crippen LogP contribution in [0.3, 0.4) is 0 Å². The number of benzene rings is 1. The van der Waals surface area contributed by atoms with E-state index in [9.17, 15) is 18.8 Å². The molecule has 1 saturated heterocycles. The molecule has 5 rings (SSSR count). The van der Waals surface area contributed by atoms with Crippen molar-refractivity contribution in [3.63, 3.8) is 0 Å². The van der Waals surface area contributed by atoms with Gasteiger partial charge in [0.1, 0.15) is 22.9 Å². The third-order valence-corrected chi connectivity index (χ3v) is 7.52. The van der Waals surface area contributed by atoms with E-state index >= 15 is 0 Å². The average molecular weight is 610 g/mol. The number of anilines is 2. The van der Waals surface area contributed by atoms with Gasteiger partial charge in [0.25, 0.3) is 17.7 Å². The molecule has 1 fully saturated rings. The molecule has 0 aliphatic carbocycles. The van der Waals surface area contributed by atoms with Gasteiger partial charge in [0, 0.05) is 82.1 Å². The Morgan fingerprint density at radius 2 is 1.37 bits per heavy atom. The lowest BCUT2D eigenvalue weighted by Crippen LogP contribution is -2.41. The molecule has 226 valence electrons. The van der Waals surface area contributed by atoms with Crippen LogP contribution in [0.4, 0.5) is 15.8 Å². The van der Waals surface area contributed by atoms with E-state index in [1.54, 1.807) is 83.8 Å². The van der Waals surface area contributed by atoms with Crippen molar-refractivity contribution < 1.29 is 23.5 Å². The van der Waals surface area contributed by atoms with Crippen molar-refractivity contribution in [2.45, 2.75) is 0 Å². The molecule has 0 bridgehead atoms. The van der Waals surface area contributed by atoms with Gasteiger partial charge in [0.2, 0.25) is 0 Å². The van der Waals surface area contributed by atoms with Gasteiger partial charge in [0.05, 0.1) is 24.6 Å². The first-order chi connectivity index (χ1) is 20.6. The standard InChI is InChI=1S/C30H33ClFN7O4/c1-36-16-19(23-5-4-20(31)13-24(23)32)12-25(36)29(41)34-22-15-27(38(3)18-22)30(42)35-21-14-26(37(2)17-21)28(40)33-6-7-39-8-10-43-11-9-39/h4-5,12-18H,6-11H2,1-3H3,(H,33,40)(H,34,41)(H,35,42). The predicted molar refractivity (Wildman–Crippen MR) is 162 cm³/mol. The molecule has 1 aliphatic heterocycles. The minimum Gasteiger partial charge on any atom is -0.379 e. The number of morpholine rings is 1. The van der Waals surface area contributed by atoms with E-state index in [1.165, 1.54) is 6.07 Å². The summed E-state index contributed by atoms with van der Waals surface area (Å²) in [6.07, 6.45) is 4.94.